The van der Waals surface area contributed by atoms with Crippen LogP contribution in [0.5, 0.6) is 0 Å². The topological polar surface area (TPSA) is 106 Å². The molecule has 3 rings (SSSR count). The number of aromatic nitrogens is 3. The van der Waals surface area contributed by atoms with Gasteiger partial charge in [-0.25, -0.2) is 9.48 Å². The van der Waals surface area contributed by atoms with E-state index in [0.29, 0.717) is 18.7 Å². The van der Waals surface area contributed by atoms with Crippen molar-refractivity contribution in [3.63, 3.8) is 0 Å². The minimum absolute atomic E-state index is 0.0199. The van der Waals surface area contributed by atoms with Crippen molar-refractivity contribution >= 4 is 73.2 Å². The monoisotopic (exact) mass is 583 g/mol. The molecule has 13 heteroatoms. The molecule has 2 aliphatic rings. The molecule has 1 aromatic rings. The Hall–Kier alpha value is -0.790. The first kappa shape index (κ1) is 23.9. The van der Waals surface area contributed by atoms with Crippen LogP contribution in [-0.2, 0) is 20.9 Å². The van der Waals surface area contributed by atoms with Gasteiger partial charge in [-0.05, 0) is 32.3 Å². The number of carbonyl (C=O) groups is 3. The normalized spacial score (nSPS) is 24.7. The van der Waals surface area contributed by atoms with Crippen molar-refractivity contribution in [3.05, 3.63) is 11.9 Å². The fourth-order valence-corrected chi connectivity index (χ4v) is 6.87. The Morgan fingerprint density at radius 2 is 2.13 bits per heavy atom. The van der Waals surface area contributed by atoms with Gasteiger partial charge in [-0.3, -0.25) is 9.59 Å². The Labute approximate surface area is 200 Å². The van der Waals surface area contributed by atoms with Crippen molar-refractivity contribution in [2.24, 2.45) is 0 Å². The molecular weight excluding hydrogens is 562 g/mol. The van der Waals surface area contributed by atoms with Crippen LogP contribution in [0.15, 0.2) is 6.20 Å². The van der Waals surface area contributed by atoms with Gasteiger partial charge in [-0.2, -0.15) is 11.8 Å². The second kappa shape index (κ2) is 8.99. The molecule has 0 unspecified atom stereocenters. The van der Waals surface area contributed by atoms with Gasteiger partial charge in [0.05, 0.1) is 25.9 Å². The Balaban J connectivity index is 1.68. The standard InChI is InChI=1S/C17H23Br2N5O4S2/c1-16(2)11(24-14(27)17(18,19)15(24)30-16)8-23-7-10(21-22-23)12(25)20-9(5-6-29-4)13(26)28-3/h7,9,11,15H,5-6,8H2,1-4H3,(H,20,25)/t9-,11-,15+/m0/s1. The van der Waals surface area contributed by atoms with Crippen LogP contribution in [0.3, 0.4) is 0 Å². The van der Waals surface area contributed by atoms with Crippen molar-refractivity contribution in [2.75, 3.05) is 19.1 Å². The number of nitrogens with zero attached hydrogens (tertiary/aromatic N) is 4. The third-order valence-electron chi connectivity index (χ3n) is 5.17. The van der Waals surface area contributed by atoms with Crippen LogP contribution >= 0.6 is 55.4 Å². The quantitative estimate of drug-likeness (QED) is 0.280. The number of thioether (sulfide) groups is 2. The highest BCUT2D eigenvalue weighted by molar-refractivity contribution is 9.26. The van der Waals surface area contributed by atoms with Crippen LogP contribution in [0.2, 0.25) is 0 Å². The highest BCUT2D eigenvalue weighted by Crippen LogP contribution is 2.60. The van der Waals surface area contributed by atoms with Gasteiger partial charge in [-0.15, -0.1) is 16.9 Å². The number of methoxy groups -OCH3 is 1. The number of hydrogen-bond acceptors (Lipinski definition) is 8. The van der Waals surface area contributed by atoms with E-state index in [4.69, 9.17) is 4.74 Å². The third kappa shape index (κ3) is 4.40. The molecule has 0 radical (unpaired) electrons. The fraction of sp³-hybridized carbons (Fsp3) is 0.706. The molecule has 1 N–H and O–H groups in total. The summed E-state index contributed by atoms with van der Waals surface area (Å²) in [5.74, 6) is -0.307. The summed E-state index contributed by atoms with van der Waals surface area (Å²) >= 11 is 10.2. The summed E-state index contributed by atoms with van der Waals surface area (Å²) in [7, 11) is 1.29. The molecule has 166 valence electrons. The molecular formula is C17H23Br2N5O4S2. The van der Waals surface area contributed by atoms with E-state index in [1.165, 1.54) is 13.3 Å². The molecule has 0 aliphatic carbocycles. The number of carbonyl (C=O) groups excluding carboxylic acids is 3. The fourth-order valence-electron chi connectivity index (χ4n) is 3.47. The molecule has 3 heterocycles. The zero-order valence-electron chi connectivity index (χ0n) is 16.9. The number of fused-ring (bicyclic) bond motifs is 1. The Kier molecular flexibility index (Phi) is 7.15. The van der Waals surface area contributed by atoms with Crippen LogP contribution in [0.25, 0.3) is 0 Å². The summed E-state index contributed by atoms with van der Waals surface area (Å²) in [6.07, 6.45) is 3.92. The Morgan fingerprint density at radius 3 is 2.77 bits per heavy atom. The molecule has 2 saturated heterocycles. The molecule has 30 heavy (non-hydrogen) atoms. The van der Waals surface area contributed by atoms with E-state index in [1.54, 1.807) is 28.2 Å². The number of amides is 2. The molecule has 9 nitrogen and oxygen atoms in total. The van der Waals surface area contributed by atoms with Crippen molar-refractivity contribution in [2.45, 2.75) is 52.3 Å². The molecule has 3 atom stereocenters. The Morgan fingerprint density at radius 1 is 1.43 bits per heavy atom. The van der Waals surface area contributed by atoms with Crippen molar-refractivity contribution in [1.82, 2.24) is 25.2 Å². The summed E-state index contributed by atoms with van der Waals surface area (Å²) in [4.78, 5) is 38.8. The lowest BCUT2D eigenvalue weighted by Gasteiger charge is -2.47. The zero-order valence-corrected chi connectivity index (χ0v) is 21.7. The number of rotatable bonds is 8. The molecule has 2 amide bonds. The SMILES string of the molecule is COC(=O)[C@H](CCSC)NC(=O)c1cn(C[C@@H]2N3C(=O)C(Br)(Br)[C@H]3SC2(C)C)nn1. The van der Waals surface area contributed by atoms with Crippen LogP contribution < -0.4 is 5.32 Å². The maximum Gasteiger partial charge on any atom is 0.328 e. The van der Waals surface area contributed by atoms with E-state index in [2.05, 4.69) is 61.3 Å². The molecule has 1 aromatic heterocycles. The van der Waals surface area contributed by atoms with E-state index < -0.39 is 21.2 Å². The number of nitrogens with one attached hydrogen (secondary N) is 1. The van der Waals surface area contributed by atoms with Crippen molar-refractivity contribution in [1.29, 1.82) is 0 Å². The van der Waals surface area contributed by atoms with Gasteiger partial charge in [0.15, 0.2) is 8.93 Å². The number of alkyl halides is 2. The van der Waals surface area contributed by atoms with Gasteiger partial charge in [0.1, 0.15) is 11.4 Å². The lowest BCUT2D eigenvalue weighted by atomic mass is 9.98. The number of ether oxygens (including phenoxy) is 1. The highest BCUT2D eigenvalue weighted by atomic mass is 79.9. The number of β-lactam (4-membered cyclic amide) rings is 1. The minimum Gasteiger partial charge on any atom is -0.467 e. The molecule has 2 fully saturated rings. The van der Waals surface area contributed by atoms with Crippen molar-refractivity contribution in [3.8, 4) is 0 Å². The van der Waals surface area contributed by atoms with Gasteiger partial charge in [0.25, 0.3) is 11.8 Å². The van der Waals surface area contributed by atoms with E-state index in [0.717, 1.165) is 0 Å². The van der Waals surface area contributed by atoms with Crippen LogP contribution in [-0.4, -0.2) is 82.2 Å². The van der Waals surface area contributed by atoms with Crippen molar-refractivity contribution < 1.29 is 19.1 Å². The van der Waals surface area contributed by atoms with Gasteiger partial charge < -0.3 is 15.0 Å². The van der Waals surface area contributed by atoms with Crippen LogP contribution in [0, 0.1) is 0 Å². The molecule has 0 bridgehead atoms. The summed E-state index contributed by atoms with van der Waals surface area (Å²) in [5.41, 5.74) is 0.110. The van der Waals surface area contributed by atoms with Crippen LogP contribution in [0.4, 0.5) is 0 Å². The van der Waals surface area contributed by atoms with Crippen LogP contribution in [0.1, 0.15) is 30.8 Å². The van der Waals surface area contributed by atoms with Gasteiger partial charge in [0, 0.05) is 4.75 Å². The summed E-state index contributed by atoms with van der Waals surface area (Å²) in [6, 6.07) is -0.846. The highest BCUT2D eigenvalue weighted by Gasteiger charge is 2.68. The molecule has 0 spiro atoms. The van der Waals surface area contributed by atoms with Gasteiger partial charge >= 0.3 is 5.97 Å². The first-order valence-electron chi connectivity index (χ1n) is 9.19. The predicted octanol–water partition coefficient (Wildman–Crippen LogP) is 1.85. The molecule has 2 aliphatic heterocycles. The summed E-state index contributed by atoms with van der Waals surface area (Å²) < 4.78 is 5.40. The maximum atomic E-state index is 12.6. The minimum atomic E-state index is -0.740. The molecule has 0 saturated carbocycles. The second-order valence-corrected chi connectivity index (χ2v) is 13.9. The average Bonchev–Trinajstić information content (AvgIpc) is 3.26. The summed E-state index contributed by atoms with van der Waals surface area (Å²) in [5, 5.41) is 10.7. The summed E-state index contributed by atoms with van der Waals surface area (Å²) in [6.45, 7) is 4.58. The van der Waals surface area contributed by atoms with E-state index in [-0.39, 0.29) is 27.8 Å². The third-order valence-corrected chi connectivity index (χ3v) is 9.65. The van der Waals surface area contributed by atoms with E-state index >= 15 is 0 Å². The number of hydrogen-bond donors (Lipinski definition) is 1. The molecule has 0 aromatic carbocycles. The number of esters is 1. The number of halogens is 2. The predicted molar refractivity (Wildman–Crippen MR) is 123 cm³/mol. The van der Waals surface area contributed by atoms with Gasteiger partial charge in [0.2, 0.25) is 0 Å². The van der Waals surface area contributed by atoms with Gasteiger partial charge in [-0.1, -0.05) is 37.1 Å². The van der Waals surface area contributed by atoms with E-state index in [9.17, 15) is 14.4 Å². The lowest BCUT2D eigenvalue weighted by molar-refractivity contribution is -0.144. The first-order valence-corrected chi connectivity index (χ1v) is 13.0. The lowest BCUT2D eigenvalue weighted by Crippen LogP contribution is -2.67. The van der Waals surface area contributed by atoms with E-state index in [1.807, 2.05) is 11.2 Å². The largest absolute Gasteiger partial charge is 0.467 e. The smallest absolute Gasteiger partial charge is 0.328 e. The first-order chi connectivity index (χ1) is 14.0. The zero-order chi connectivity index (χ0) is 22.3. The average molecular weight is 585 g/mol. The Bertz CT molecular complexity index is 850. The maximum absolute atomic E-state index is 12.6. The second-order valence-electron chi connectivity index (χ2n) is 7.58.